The number of amides is 1. The lowest BCUT2D eigenvalue weighted by molar-refractivity contribution is 0.0988. The summed E-state index contributed by atoms with van der Waals surface area (Å²) in [6, 6.07) is 13.0. The fourth-order valence-electron chi connectivity index (χ4n) is 1.72. The van der Waals surface area contributed by atoms with E-state index >= 15 is 0 Å². The minimum absolute atomic E-state index is 0.176. The van der Waals surface area contributed by atoms with E-state index in [1.54, 1.807) is 12.1 Å². The Balaban J connectivity index is 1.78. The van der Waals surface area contributed by atoms with Gasteiger partial charge in [-0.05, 0) is 24.5 Å². The predicted molar refractivity (Wildman–Crippen MR) is 76.7 cm³/mol. The van der Waals surface area contributed by atoms with Crippen molar-refractivity contribution in [3.8, 4) is 11.3 Å². The van der Waals surface area contributed by atoms with E-state index in [4.69, 9.17) is 4.52 Å². The van der Waals surface area contributed by atoms with Gasteiger partial charge >= 0.3 is 0 Å². The smallest absolute Gasteiger partial charge is 0.294 e. The first kappa shape index (κ1) is 12.6. The number of carbonyl (C=O) groups excluding carboxylic acids is 1. The van der Waals surface area contributed by atoms with Gasteiger partial charge < -0.3 is 9.84 Å². The molecule has 0 fully saturated rings. The van der Waals surface area contributed by atoms with Gasteiger partial charge in [0.15, 0.2) is 0 Å². The molecule has 1 aromatic carbocycles. The van der Waals surface area contributed by atoms with Crippen molar-refractivity contribution in [3.63, 3.8) is 0 Å². The van der Waals surface area contributed by atoms with E-state index in [1.807, 2.05) is 37.3 Å². The Kier molecular flexibility index (Phi) is 3.30. The molecule has 5 nitrogen and oxygen atoms in total. The number of nitrogens with one attached hydrogen (secondary N) is 1. The second-order valence-electron chi connectivity index (χ2n) is 4.23. The molecule has 0 saturated carbocycles. The van der Waals surface area contributed by atoms with Crippen LogP contribution in [0.15, 0.2) is 47.0 Å². The molecule has 0 spiro atoms. The van der Waals surface area contributed by atoms with Gasteiger partial charge in [-0.25, -0.2) is 0 Å². The molecule has 1 N–H and O–H groups in total. The zero-order valence-electron chi connectivity index (χ0n) is 10.7. The van der Waals surface area contributed by atoms with Gasteiger partial charge in [0.25, 0.3) is 5.91 Å². The van der Waals surface area contributed by atoms with Crippen molar-refractivity contribution in [1.29, 1.82) is 0 Å². The third kappa shape index (κ3) is 2.60. The van der Waals surface area contributed by atoms with Crippen LogP contribution in [0.25, 0.3) is 11.3 Å². The summed E-state index contributed by atoms with van der Waals surface area (Å²) in [5.74, 6) is -0.154. The Morgan fingerprint density at radius 1 is 1.25 bits per heavy atom. The summed E-state index contributed by atoms with van der Waals surface area (Å²) in [7, 11) is 0. The molecule has 0 atom stereocenters. The first-order chi connectivity index (χ1) is 9.72. The Bertz CT molecular complexity index is 734. The maximum atomic E-state index is 12.0. The monoisotopic (exact) mass is 285 g/mol. The molecule has 1 amide bonds. The van der Waals surface area contributed by atoms with Crippen molar-refractivity contribution in [2.24, 2.45) is 0 Å². The fourth-order valence-corrected chi connectivity index (χ4v) is 2.38. The summed E-state index contributed by atoms with van der Waals surface area (Å²) in [4.78, 5) is 12.0. The molecule has 0 aliphatic heterocycles. The van der Waals surface area contributed by atoms with Crippen LogP contribution in [0.3, 0.4) is 0 Å². The molecule has 3 rings (SSSR count). The molecule has 0 aliphatic carbocycles. The number of benzene rings is 1. The summed E-state index contributed by atoms with van der Waals surface area (Å²) >= 11 is 1.23. The highest BCUT2D eigenvalue weighted by atomic mass is 32.1. The summed E-state index contributed by atoms with van der Waals surface area (Å²) in [6.45, 7) is 1.87. The summed E-state index contributed by atoms with van der Waals surface area (Å²) in [5.41, 5.74) is 2.41. The summed E-state index contributed by atoms with van der Waals surface area (Å²) in [6.07, 6.45) is 0. The maximum absolute atomic E-state index is 12.0. The summed E-state index contributed by atoms with van der Waals surface area (Å²) < 4.78 is 9.18. The van der Waals surface area contributed by atoms with E-state index in [0.29, 0.717) is 10.7 Å². The minimum atomic E-state index is -0.330. The Morgan fingerprint density at radius 3 is 2.75 bits per heavy atom. The molecule has 20 heavy (non-hydrogen) atoms. The molecular weight excluding hydrogens is 274 g/mol. The molecule has 0 aliphatic rings. The maximum Gasteiger partial charge on any atom is 0.294 e. The standard InChI is InChI=1S/C14H11N3O2S/c1-9-7-13(20-17-9)15-14(18)12-8-11(16-19-12)10-5-3-2-4-6-10/h2-8H,1H3,(H,15,18). The van der Waals surface area contributed by atoms with Gasteiger partial charge in [-0.15, -0.1) is 0 Å². The number of aromatic nitrogens is 2. The molecular formula is C14H11N3O2S. The van der Waals surface area contributed by atoms with Crippen LogP contribution in [-0.2, 0) is 0 Å². The molecule has 6 heteroatoms. The minimum Gasteiger partial charge on any atom is -0.350 e. The van der Waals surface area contributed by atoms with Crippen LogP contribution in [-0.4, -0.2) is 15.4 Å². The lowest BCUT2D eigenvalue weighted by atomic mass is 10.1. The van der Waals surface area contributed by atoms with Crippen LogP contribution in [0.5, 0.6) is 0 Å². The number of anilines is 1. The van der Waals surface area contributed by atoms with Crippen LogP contribution >= 0.6 is 11.5 Å². The Labute approximate surface area is 119 Å². The third-order valence-electron chi connectivity index (χ3n) is 2.67. The number of nitrogens with zero attached hydrogens (tertiary/aromatic N) is 2. The first-order valence-corrected chi connectivity index (χ1v) is 6.76. The lowest BCUT2D eigenvalue weighted by Gasteiger charge is -1.95. The largest absolute Gasteiger partial charge is 0.350 e. The predicted octanol–water partition coefficient (Wildman–Crippen LogP) is 3.36. The Hall–Kier alpha value is -2.47. The molecule has 2 aromatic heterocycles. The van der Waals surface area contributed by atoms with Crippen LogP contribution in [0.2, 0.25) is 0 Å². The third-order valence-corrected chi connectivity index (χ3v) is 3.46. The second kappa shape index (κ2) is 5.26. The SMILES string of the molecule is Cc1cc(NC(=O)c2cc(-c3ccccc3)no2)sn1. The van der Waals surface area contributed by atoms with E-state index in [9.17, 15) is 4.79 Å². The van der Waals surface area contributed by atoms with Crippen molar-refractivity contribution in [2.45, 2.75) is 6.92 Å². The van der Waals surface area contributed by atoms with E-state index in [-0.39, 0.29) is 11.7 Å². The lowest BCUT2D eigenvalue weighted by Crippen LogP contribution is -2.09. The molecule has 3 aromatic rings. The number of hydrogen-bond donors (Lipinski definition) is 1. The average molecular weight is 285 g/mol. The first-order valence-electron chi connectivity index (χ1n) is 5.99. The van der Waals surface area contributed by atoms with E-state index < -0.39 is 0 Å². The zero-order valence-corrected chi connectivity index (χ0v) is 11.5. The van der Waals surface area contributed by atoms with Gasteiger partial charge in [0, 0.05) is 11.6 Å². The molecule has 0 radical (unpaired) electrons. The number of carbonyl (C=O) groups is 1. The van der Waals surface area contributed by atoms with Crippen molar-refractivity contribution in [2.75, 3.05) is 5.32 Å². The van der Waals surface area contributed by atoms with Gasteiger partial charge in [-0.3, -0.25) is 4.79 Å². The highest BCUT2D eigenvalue weighted by molar-refractivity contribution is 7.10. The quantitative estimate of drug-likeness (QED) is 0.801. The van der Waals surface area contributed by atoms with Gasteiger partial charge in [0.2, 0.25) is 5.76 Å². The van der Waals surface area contributed by atoms with E-state index in [1.165, 1.54) is 11.5 Å². The number of hydrogen-bond acceptors (Lipinski definition) is 5. The molecule has 2 heterocycles. The van der Waals surface area contributed by atoms with Crippen molar-refractivity contribution in [1.82, 2.24) is 9.53 Å². The van der Waals surface area contributed by atoms with Crippen LogP contribution in [0.4, 0.5) is 5.00 Å². The van der Waals surface area contributed by atoms with E-state index in [2.05, 4.69) is 14.8 Å². The molecule has 0 unspecified atom stereocenters. The van der Waals surface area contributed by atoms with Gasteiger partial charge in [-0.2, -0.15) is 4.37 Å². The Morgan fingerprint density at radius 2 is 2.05 bits per heavy atom. The van der Waals surface area contributed by atoms with Crippen molar-refractivity contribution >= 4 is 22.4 Å². The average Bonchev–Trinajstić information content (AvgIpc) is 3.09. The fraction of sp³-hybridized carbons (Fsp3) is 0.0714. The second-order valence-corrected chi connectivity index (χ2v) is 5.03. The van der Waals surface area contributed by atoms with Gasteiger partial charge in [-0.1, -0.05) is 35.5 Å². The van der Waals surface area contributed by atoms with E-state index in [0.717, 1.165) is 11.3 Å². The van der Waals surface area contributed by atoms with Gasteiger partial charge in [0.05, 0.1) is 5.69 Å². The zero-order chi connectivity index (χ0) is 13.9. The molecule has 0 bridgehead atoms. The van der Waals surface area contributed by atoms with Crippen LogP contribution in [0, 0.1) is 6.92 Å². The van der Waals surface area contributed by atoms with Crippen LogP contribution < -0.4 is 5.32 Å². The van der Waals surface area contributed by atoms with Gasteiger partial charge in [0.1, 0.15) is 10.7 Å². The number of aryl methyl sites for hydroxylation is 1. The van der Waals surface area contributed by atoms with Crippen LogP contribution in [0.1, 0.15) is 16.2 Å². The highest BCUT2D eigenvalue weighted by Crippen LogP contribution is 2.20. The molecule has 0 saturated heterocycles. The number of rotatable bonds is 3. The highest BCUT2D eigenvalue weighted by Gasteiger charge is 2.15. The topological polar surface area (TPSA) is 68.0 Å². The normalized spacial score (nSPS) is 10.4. The molecule has 100 valence electrons. The summed E-state index contributed by atoms with van der Waals surface area (Å²) in [5, 5.41) is 7.32. The van der Waals surface area contributed by atoms with Crippen molar-refractivity contribution in [3.05, 3.63) is 53.9 Å². The van der Waals surface area contributed by atoms with Crippen molar-refractivity contribution < 1.29 is 9.32 Å².